The van der Waals surface area contributed by atoms with E-state index in [9.17, 15) is 4.79 Å². The van der Waals surface area contributed by atoms with E-state index in [1.807, 2.05) is 0 Å². The van der Waals surface area contributed by atoms with E-state index in [2.05, 4.69) is 4.74 Å². The molecule has 0 aromatic heterocycles. The van der Waals surface area contributed by atoms with Crippen molar-refractivity contribution in [3.63, 3.8) is 0 Å². The Kier molecular flexibility index (Phi) is 5.51. The number of carbonyl (C=O) groups is 1. The highest BCUT2D eigenvalue weighted by Gasteiger charge is 2.40. The fourth-order valence-electron chi connectivity index (χ4n) is 0.196. The molecule has 0 aliphatic carbocycles. The smallest absolute Gasteiger partial charge is 0.358 e. The van der Waals surface area contributed by atoms with E-state index in [0.717, 1.165) is 0 Å². The first kappa shape index (κ1) is 13.6. The van der Waals surface area contributed by atoms with Gasteiger partial charge in [0.15, 0.2) is 0 Å². The van der Waals surface area contributed by atoms with Crippen molar-refractivity contribution in [3.8, 4) is 0 Å². The number of hydrogen-bond acceptors (Lipinski definition) is 3. The largest absolute Gasteiger partial charge is 0.412 e. The molecule has 0 rings (SSSR count). The Morgan fingerprint density at radius 2 is 1.58 bits per heavy atom. The molecule has 0 N–H and O–H groups in total. The van der Waals surface area contributed by atoms with Crippen molar-refractivity contribution in [3.05, 3.63) is 0 Å². The van der Waals surface area contributed by atoms with Crippen molar-refractivity contribution in [1.82, 2.24) is 0 Å². The predicted octanol–water partition coefficient (Wildman–Crippen LogP) is 3.88. The maximum absolute atomic E-state index is 10.9. The van der Waals surface area contributed by atoms with E-state index in [-0.39, 0.29) is 0 Å². The van der Waals surface area contributed by atoms with Crippen LogP contribution in [0.4, 0.5) is 0 Å². The van der Waals surface area contributed by atoms with E-state index in [4.69, 9.17) is 68.7 Å². The average Bonchev–Trinajstić information content (AvgIpc) is 1.84. The van der Waals surface area contributed by atoms with Crippen LogP contribution in [0.3, 0.4) is 0 Å². The van der Waals surface area contributed by atoms with Crippen LogP contribution in [-0.2, 0) is 9.53 Å². The summed E-state index contributed by atoms with van der Waals surface area (Å²) in [6.07, 6.45) is 0. The molecule has 12 heavy (non-hydrogen) atoms. The minimum absolute atomic E-state index is 0.329. The predicted molar refractivity (Wildman–Crippen MR) is 54.3 cm³/mol. The van der Waals surface area contributed by atoms with Crippen LogP contribution in [0.25, 0.3) is 0 Å². The Bertz CT molecular complexity index is 176. The van der Waals surface area contributed by atoms with Crippen molar-refractivity contribution >= 4 is 85.6 Å². The zero-order valence-corrected chi connectivity index (χ0v) is 10.3. The van der Waals surface area contributed by atoms with Crippen LogP contribution in [0.2, 0.25) is 0 Å². The molecule has 0 fully saturated rings. The molecule has 0 atom stereocenters. The third kappa shape index (κ3) is 5.32. The summed E-state index contributed by atoms with van der Waals surface area (Å²) < 4.78 is 0.00519. The number of halogens is 6. The van der Waals surface area contributed by atoms with Gasteiger partial charge in [0.2, 0.25) is 0 Å². The van der Waals surface area contributed by atoms with Gasteiger partial charge in [-0.2, -0.15) is 0 Å². The van der Waals surface area contributed by atoms with Gasteiger partial charge in [0.25, 0.3) is 3.67 Å². The number of hydrogen-bond donors (Lipinski definition) is 0. The second kappa shape index (κ2) is 4.87. The molecular weight excluding hydrogens is 313 g/mol. The lowest BCUT2D eigenvalue weighted by atomic mass is 10.8. The molecular formula is C3Cl6O2S. The summed E-state index contributed by atoms with van der Waals surface area (Å²) in [5.41, 5.74) is 0. The second-order valence-corrected chi connectivity index (χ2v) is 6.61. The van der Waals surface area contributed by atoms with E-state index in [0.29, 0.717) is 11.0 Å². The quantitative estimate of drug-likeness (QED) is 0.572. The number of carbonyl (C=O) groups excluding carboxylic acids is 1. The van der Waals surface area contributed by atoms with Gasteiger partial charge in [-0.15, -0.1) is 0 Å². The summed E-state index contributed by atoms with van der Waals surface area (Å²) in [5.74, 6) is -1.15. The Morgan fingerprint density at radius 3 is 1.83 bits per heavy atom. The molecule has 2 nitrogen and oxygen atoms in total. The van der Waals surface area contributed by atoms with Gasteiger partial charge in [-0.25, -0.2) is 4.79 Å². The summed E-state index contributed by atoms with van der Waals surface area (Å²) in [7, 11) is 5.47. The van der Waals surface area contributed by atoms with Gasteiger partial charge in [-0.1, -0.05) is 23.2 Å². The lowest BCUT2D eigenvalue weighted by molar-refractivity contribution is -0.143. The maximum Gasteiger partial charge on any atom is 0.358 e. The molecule has 0 aromatic carbocycles. The fraction of sp³-hybridized carbons (Fsp3) is 0.667. The van der Waals surface area contributed by atoms with Crippen molar-refractivity contribution in [2.45, 2.75) is 7.64 Å². The van der Waals surface area contributed by atoms with Crippen LogP contribution in [0.15, 0.2) is 0 Å². The summed E-state index contributed by atoms with van der Waals surface area (Å²) in [4.78, 5) is 10.9. The highest BCUT2D eigenvalue weighted by molar-refractivity contribution is 8.24. The first-order valence-electron chi connectivity index (χ1n) is 2.17. The summed E-state index contributed by atoms with van der Waals surface area (Å²) in [5, 5.41) is 0. The molecule has 0 saturated heterocycles. The molecule has 0 aliphatic heterocycles. The van der Waals surface area contributed by atoms with Gasteiger partial charge in [-0.05, 0) is 56.5 Å². The van der Waals surface area contributed by atoms with Crippen molar-refractivity contribution in [1.29, 1.82) is 0 Å². The zero-order valence-electron chi connectivity index (χ0n) is 4.99. The van der Waals surface area contributed by atoms with Gasteiger partial charge < -0.3 is 4.74 Å². The van der Waals surface area contributed by atoms with Gasteiger partial charge in [0, 0.05) is 0 Å². The van der Waals surface area contributed by atoms with Crippen LogP contribution in [0, 0.1) is 0 Å². The Labute approximate surface area is 102 Å². The first-order valence-corrected chi connectivity index (χ1v) is 5.70. The summed E-state index contributed by atoms with van der Waals surface area (Å²) >= 11 is 26.0. The van der Waals surface area contributed by atoms with Crippen LogP contribution < -0.4 is 0 Å². The average molecular weight is 313 g/mol. The highest BCUT2D eigenvalue weighted by Crippen LogP contribution is 2.41. The maximum atomic E-state index is 10.9. The third-order valence-electron chi connectivity index (χ3n) is 0.543. The number of alkyl halides is 5. The van der Waals surface area contributed by atoms with Crippen molar-refractivity contribution in [2.24, 2.45) is 0 Å². The first-order chi connectivity index (χ1) is 5.19. The van der Waals surface area contributed by atoms with Gasteiger partial charge in [0.1, 0.15) is 0 Å². The minimum atomic E-state index is -2.20. The molecule has 9 heteroatoms. The lowest BCUT2D eigenvalue weighted by Gasteiger charge is -2.17. The monoisotopic (exact) mass is 310 g/mol. The van der Waals surface area contributed by atoms with Gasteiger partial charge in [-0.3, -0.25) is 0 Å². The van der Waals surface area contributed by atoms with Gasteiger partial charge in [0.05, 0.1) is 0 Å². The molecule has 72 valence electrons. The van der Waals surface area contributed by atoms with Crippen LogP contribution >= 0.6 is 79.7 Å². The van der Waals surface area contributed by atoms with Crippen LogP contribution in [0.5, 0.6) is 0 Å². The number of ether oxygens (including phenoxy) is 1. The normalized spacial score (nSPS) is 12.8. The molecule has 0 bridgehead atoms. The fourth-order valence-corrected chi connectivity index (χ4v) is 0.777. The lowest BCUT2D eigenvalue weighted by Crippen LogP contribution is -2.28. The molecule has 0 saturated carbocycles. The van der Waals surface area contributed by atoms with Crippen LogP contribution in [0.1, 0.15) is 0 Å². The van der Waals surface area contributed by atoms with E-state index in [1.165, 1.54) is 0 Å². The van der Waals surface area contributed by atoms with E-state index >= 15 is 0 Å². The van der Waals surface area contributed by atoms with E-state index in [1.54, 1.807) is 0 Å². The SMILES string of the molecule is O=C(OC(Cl)(Cl)Cl)C(Cl)(Cl)SCl. The van der Waals surface area contributed by atoms with Crippen molar-refractivity contribution < 1.29 is 9.53 Å². The Morgan fingerprint density at radius 1 is 1.17 bits per heavy atom. The second-order valence-electron chi connectivity index (χ2n) is 1.43. The minimum Gasteiger partial charge on any atom is -0.412 e. The molecule has 0 spiro atoms. The highest BCUT2D eigenvalue weighted by atomic mass is 35.7. The van der Waals surface area contributed by atoms with E-state index < -0.39 is 13.6 Å². The summed E-state index contributed by atoms with van der Waals surface area (Å²) in [6.45, 7) is 0. The number of rotatable bonds is 2. The third-order valence-corrected chi connectivity index (χ3v) is 3.07. The molecule has 0 aromatic rings. The molecule has 0 amide bonds. The molecule has 0 unspecified atom stereocenters. The van der Waals surface area contributed by atoms with Crippen LogP contribution in [-0.4, -0.2) is 13.6 Å². The standard InChI is InChI=1S/C3Cl6O2S/c4-2(5,12-9)1(10)11-3(6,7)8. The van der Waals surface area contributed by atoms with Gasteiger partial charge >= 0.3 is 9.95 Å². The number of esters is 1. The molecule has 0 aliphatic rings. The Balaban J connectivity index is 4.23. The molecule has 0 radical (unpaired) electrons. The zero-order chi connectivity index (χ0) is 9.99. The topological polar surface area (TPSA) is 26.3 Å². The Hall–Kier alpha value is 1.56. The molecule has 0 heterocycles. The summed E-state index contributed by atoms with van der Waals surface area (Å²) in [6, 6.07) is 0. The van der Waals surface area contributed by atoms with Crippen molar-refractivity contribution in [2.75, 3.05) is 0 Å².